The number of ether oxygens (including phenoxy) is 2. The Bertz CT molecular complexity index is 1170. The Kier molecular flexibility index (Phi) is 6.46. The largest absolute Gasteiger partial charge is 0.426 e. The van der Waals surface area contributed by atoms with Gasteiger partial charge >= 0.3 is 11.9 Å². The molecular formula is C32H34O4. The van der Waals surface area contributed by atoms with Gasteiger partial charge in [0.25, 0.3) is 0 Å². The monoisotopic (exact) mass is 482 g/mol. The van der Waals surface area contributed by atoms with Crippen LogP contribution in [0.3, 0.4) is 0 Å². The maximum Gasteiger partial charge on any atom is 0.314 e. The summed E-state index contributed by atoms with van der Waals surface area (Å²) in [5.41, 5.74) is 4.17. The third-order valence-electron chi connectivity index (χ3n) is 8.06. The van der Waals surface area contributed by atoms with E-state index in [2.05, 4.69) is 52.0 Å². The summed E-state index contributed by atoms with van der Waals surface area (Å²) in [6.07, 6.45) is 2.80. The van der Waals surface area contributed by atoms with E-state index in [-0.39, 0.29) is 23.8 Å². The maximum absolute atomic E-state index is 12.3. The molecule has 2 aliphatic carbocycles. The first-order valence-electron chi connectivity index (χ1n) is 13.0. The molecule has 36 heavy (non-hydrogen) atoms. The van der Waals surface area contributed by atoms with Gasteiger partial charge in [0.15, 0.2) is 0 Å². The lowest BCUT2D eigenvalue weighted by Gasteiger charge is -2.32. The summed E-state index contributed by atoms with van der Waals surface area (Å²) in [5, 5.41) is 0. The van der Waals surface area contributed by atoms with Crippen LogP contribution in [0.5, 0.6) is 11.5 Å². The molecule has 186 valence electrons. The van der Waals surface area contributed by atoms with Gasteiger partial charge in [-0.25, -0.2) is 0 Å². The molecule has 0 amide bonds. The van der Waals surface area contributed by atoms with Gasteiger partial charge in [0.2, 0.25) is 0 Å². The molecule has 2 aliphatic rings. The van der Waals surface area contributed by atoms with E-state index in [1.54, 1.807) is 0 Å². The molecule has 0 heterocycles. The first-order chi connectivity index (χ1) is 17.3. The molecule has 1 unspecified atom stereocenters. The van der Waals surface area contributed by atoms with Gasteiger partial charge in [-0.3, -0.25) is 9.59 Å². The molecule has 3 aromatic rings. The summed E-state index contributed by atoms with van der Waals surface area (Å²) in [5.74, 6) is 1.76. The van der Waals surface area contributed by atoms with Gasteiger partial charge in [0.1, 0.15) is 11.5 Å². The first kappa shape index (κ1) is 24.3. The zero-order valence-electron chi connectivity index (χ0n) is 21.5. The summed E-state index contributed by atoms with van der Waals surface area (Å²) < 4.78 is 11.2. The molecule has 0 aliphatic heterocycles. The van der Waals surface area contributed by atoms with Crippen LogP contribution < -0.4 is 9.47 Å². The molecule has 0 spiro atoms. The zero-order valence-corrected chi connectivity index (χ0v) is 21.5. The Morgan fingerprint density at radius 2 is 1.03 bits per heavy atom. The smallest absolute Gasteiger partial charge is 0.314 e. The van der Waals surface area contributed by atoms with Gasteiger partial charge < -0.3 is 9.47 Å². The van der Waals surface area contributed by atoms with Crippen LogP contribution in [-0.4, -0.2) is 11.9 Å². The van der Waals surface area contributed by atoms with Crippen molar-refractivity contribution in [2.75, 3.05) is 0 Å². The lowest BCUT2D eigenvalue weighted by molar-refractivity contribution is -0.137. The molecule has 2 saturated carbocycles. The van der Waals surface area contributed by atoms with Crippen LogP contribution in [0.15, 0.2) is 72.8 Å². The van der Waals surface area contributed by atoms with Crippen molar-refractivity contribution in [2.45, 2.75) is 52.4 Å². The number of hydrogen-bond donors (Lipinski definition) is 0. The fourth-order valence-electron chi connectivity index (χ4n) is 4.97. The Hall–Kier alpha value is -3.40. The minimum Gasteiger partial charge on any atom is -0.426 e. The topological polar surface area (TPSA) is 52.6 Å². The van der Waals surface area contributed by atoms with E-state index in [0.29, 0.717) is 23.3 Å². The lowest BCUT2D eigenvalue weighted by atomic mass is 9.71. The van der Waals surface area contributed by atoms with Gasteiger partial charge in [0, 0.05) is 5.41 Å². The van der Waals surface area contributed by atoms with Crippen molar-refractivity contribution < 1.29 is 19.1 Å². The molecule has 3 aromatic carbocycles. The second-order valence-electron chi connectivity index (χ2n) is 10.7. The third kappa shape index (κ3) is 4.82. The fraction of sp³-hybridized carbons (Fsp3) is 0.375. The van der Waals surface area contributed by atoms with Crippen molar-refractivity contribution in [2.24, 2.45) is 23.7 Å². The number of carbonyl (C=O) groups excluding carboxylic acids is 2. The van der Waals surface area contributed by atoms with Crippen LogP contribution in [0.25, 0.3) is 0 Å². The van der Waals surface area contributed by atoms with E-state index in [1.165, 1.54) is 5.56 Å². The highest BCUT2D eigenvalue weighted by Gasteiger charge is 2.41. The van der Waals surface area contributed by atoms with Crippen LogP contribution in [0, 0.1) is 23.7 Å². The number of rotatable bonds is 8. The summed E-state index contributed by atoms with van der Waals surface area (Å²) >= 11 is 0. The average Bonchev–Trinajstić information content (AvgIpc) is 3.81. The van der Waals surface area contributed by atoms with E-state index in [0.717, 1.165) is 36.0 Å². The molecule has 0 N–H and O–H groups in total. The van der Waals surface area contributed by atoms with Gasteiger partial charge in [-0.05, 0) is 84.5 Å². The SMILES string of the molecule is CCc1ccc(C(C)(c2ccc(OC(=O)[C@@H]3C[C@H]3C)cc2)c2ccc(OC(=O)[C@@H]3C[C@@H]3C)cc2)cc1. The number of carbonyl (C=O) groups is 2. The van der Waals surface area contributed by atoms with Gasteiger partial charge in [-0.15, -0.1) is 0 Å². The summed E-state index contributed by atoms with van der Waals surface area (Å²) in [6.45, 7) is 8.50. The van der Waals surface area contributed by atoms with E-state index in [1.807, 2.05) is 48.5 Å². The minimum atomic E-state index is -0.451. The molecule has 4 nitrogen and oxygen atoms in total. The highest BCUT2D eigenvalue weighted by molar-refractivity contribution is 5.78. The van der Waals surface area contributed by atoms with E-state index in [9.17, 15) is 9.59 Å². The summed E-state index contributed by atoms with van der Waals surface area (Å²) in [6, 6.07) is 24.4. The molecule has 0 saturated heterocycles. The van der Waals surface area contributed by atoms with Crippen molar-refractivity contribution in [3.63, 3.8) is 0 Å². The van der Waals surface area contributed by atoms with Crippen LogP contribution in [-0.2, 0) is 21.4 Å². The second-order valence-corrected chi connectivity index (χ2v) is 10.7. The third-order valence-corrected chi connectivity index (χ3v) is 8.06. The number of hydrogen-bond acceptors (Lipinski definition) is 4. The molecule has 0 aromatic heterocycles. The molecule has 5 rings (SSSR count). The minimum absolute atomic E-state index is 0.0303. The number of aryl methyl sites for hydroxylation is 1. The van der Waals surface area contributed by atoms with E-state index >= 15 is 0 Å². The maximum atomic E-state index is 12.3. The Balaban J connectivity index is 1.43. The predicted molar refractivity (Wildman–Crippen MR) is 140 cm³/mol. The van der Waals surface area contributed by atoms with Crippen molar-refractivity contribution in [1.29, 1.82) is 0 Å². The molecule has 0 radical (unpaired) electrons. The summed E-state index contributed by atoms with van der Waals surface area (Å²) in [4.78, 5) is 24.6. The van der Waals surface area contributed by atoms with Crippen LogP contribution in [0.4, 0.5) is 0 Å². The van der Waals surface area contributed by atoms with Gasteiger partial charge in [0.05, 0.1) is 11.8 Å². The van der Waals surface area contributed by atoms with Gasteiger partial charge in [-0.2, -0.15) is 0 Å². The first-order valence-corrected chi connectivity index (χ1v) is 13.0. The Labute approximate surface area is 213 Å². The fourth-order valence-corrected chi connectivity index (χ4v) is 4.97. The second kappa shape index (κ2) is 9.57. The summed E-state index contributed by atoms with van der Waals surface area (Å²) in [7, 11) is 0. The Morgan fingerprint density at radius 3 is 1.33 bits per heavy atom. The molecule has 0 bridgehead atoms. The zero-order chi connectivity index (χ0) is 25.4. The predicted octanol–water partition coefficient (Wildman–Crippen LogP) is 6.73. The van der Waals surface area contributed by atoms with Gasteiger partial charge in [-0.1, -0.05) is 69.3 Å². The number of benzene rings is 3. The van der Waals surface area contributed by atoms with Crippen molar-refractivity contribution in [3.05, 3.63) is 95.1 Å². The van der Waals surface area contributed by atoms with E-state index < -0.39 is 5.41 Å². The number of esters is 2. The normalized spacial score (nSPS) is 23.9. The van der Waals surface area contributed by atoms with Crippen LogP contribution in [0.1, 0.15) is 62.8 Å². The van der Waals surface area contributed by atoms with E-state index in [4.69, 9.17) is 9.47 Å². The molecule has 4 heteroatoms. The molecule has 5 atom stereocenters. The standard InChI is InChI=1S/C32H34O4/c1-5-22-6-8-23(9-7-22)32(4,24-10-14-26(15-11-24)35-30(33)28-18-20(28)2)25-12-16-27(17-13-25)36-31(34)29-19-21(29)3/h6-17,20-21,28-29H,5,18-19H2,1-4H3/t20-,21+,28-,29-,32?/m1/s1. The van der Waals surface area contributed by atoms with Crippen LogP contribution >= 0.6 is 0 Å². The Morgan fingerprint density at radius 1 is 0.694 bits per heavy atom. The average molecular weight is 483 g/mol. The van der Waals surface area contributed by atoms with Crippen molar-refractivity contribution in [3.8, 4) is 11.5 Å². The molecule has 2 fully saturated rings. The van der Waals surface area contributed by atoms with Crippen molar-refractivity contribution in [1.82, 2.24) is 0 Å². The quantitative estimate of drug-likeness (QED) is 0.203. The van der Waals surface area contributed by atoms with Crippen molar-refractivity contribution >= 4 is 11.9 Å². The highest BCUT2D eigenvalue weighted by Crippen LogP contribution is 2.42. The highest BCUT2D eigenvalue weighted by atomic mass is 16.5. The van der Waals surface area contributed by atoms with Crippen LogP contribution in [0.2, 0.25) is 0 Å². The molecular weight excluding hydrogens is 448 g/mol. The lowest BCUT2D eigenvalue weighted by Crippen LogP contribution is -2.25.